The summed E-state index contributed by atoms with van der Waals surface area (Å²) in [5.41, 5.74) is 3.52. The molecule has 1 aromatic heterocycles. The van der Waals surface area contributed by atoms with E-state index in [9.17, 15) is 4.79 Å². The lowest BCUT2D eigenvalue weighted by Gasteiger charge is -2.08. The Morgan fingerprint density at radius 1 is 1.24 bits per heavy atom. The summed E-state index contributed by atoms with van der Waals surface area (Å²) >= 11 is 3.66. The second kappa shape index (κ2) is 6.80. The summed E-state index contributed by atoms with van der Waals surface area (Å²) in [4.78, 5) is 14.9. The van der Waals surface area contributed by atoms with Crippen molar-refractivity contribution >= 4 is 28.9 Å². The predicted octanol–water partition coefficient (Wildman–Crippen LogP) is 5.11. The first-order valence-electron chi connectivity index (χ1n) is 7.61. The van der Waals surface area contributed by atoms with E-state index in [1.807, 2.05) is 23.9 Å². The van der Waals surface area contributed by atoms with Crippen LogP contribution in [0.4, 0.5) is 0 Å². The number of hydrogen-bond donors (Lipinski definition) is 0. The van der Waals surface area contributed by atoms with Gasteiger partial charge in [-0.05, 0) is 42.2 Å². The minimum atomic E-state index is 0.182. The molecule has 3 heteroatoms. The van der Waals surface area contributed by atoms with Crippen molar-refractivity contribution in [2.45, 2.75) is 38.4 Å². The molecule has 0 radical (unpaired) electrons. The highest BCUT2D eigenvalue weighted by Crippen LogP contribution is 2.32. The topological polar surface area (TPSA) is 17.1 Å². The molecule has 0 spiro atoms. The van der Waals surface area contributed by atoms with E-state index in [4.69, 9.17) is 0 Å². The van der Waals surface area contributed by atoms with E-state index in [0.717, 1.165) is 29.0 Å². The van der Waals surface area contributed by atoms with Gasteiger partial charge in [-0.3, -0.25) is 4.79 Å². The lowest BCUT2D eigenvalue weighted by atomic mass is 10.0. The SMILES string of the molecule is CCCCc1ccc(C(=O)c2cc3c(s2)CCSC3)cc1. The molecule has 2 aromatic rings. The van der Waals surface area contributed by atoms with Crippen molar-refractivity contribution in [3.8, 4) is 0 Å². The molecule has 21 heavy (non-hydrogen) atoms. The number of thioether (sulfide) groups is 1. The van der Waals surface area contributed by atoms with Gasteiger partial charge in [0.25, 0.3) is 0 Å². The third kappa shape index (κ3) is 3.41. The van der Waals surface area contributed by atoms with E-state index in [0.29, 0.717) is 0 Å². The van der Waals surface area contributed by atoms with Gasteiger partial charge >= 0.3 is 0 Å². The second-order valence-electron chi connectivity index (χ2n) is 5.49. The molecule has 0 saturated carbocycles. The number of fused-ring (bicyclic) bond motifs is 1. The van der Waals surface area contributed by atoms with Crippen molar-refractivity contribution in [1.82, 2.24) is 0 Å². The molecule has 3 rings (SSSR count). The molecule has 0 amide bonds. The number of carbonyl (C=O) groups excluding carboxylic acids is 1. The number of hydrogen-bond acceptors (Lipinski definition) is 3. The summed E-state index contributed by atoms with van der Waals surface area (Å²) in [5, 5.41) is 0. The van der Waals surface area contributed by atoms with Crippen LogP contribution >= 0.6 is 23.1 Å². The summed E-state index contributed by atoms with van der Waals surface area (Å²) in [5.74, 6) is 2.43. The van der Waals surface area contributed by atoms with Crippen molar-refractivity contribution in [2.24, 2.45) is 0 Å². The Labute approximate surface area is 134 Å². The molecule has 2 heterocycles. The summed E-state index contributed by atoms with van der Waals surface area (Å²) in [6, 6.07) is 10.3. The number of thiophene rings is 1. The fourth-order valence-electron chi connectivity index (χ4n) is 2.61. The molecule has 0 unspecified atom stereocenters. The molecule has 1 aromatic carbocycles. The first-order valence-corrected chi connectivity index (χ1v) is 9.58. The van der Waals surface area contributed by atoms with E-state index in [1.165, 1.54) is 34.6 Å². The molecule has 1 aliphatic heterocycles. The summed E-state index contributed by atoms with van der Waals surface area (Å²) in [6.45, 7) is 2.20. The number of carbonyl (C=O) groups is 1. The molecule has 0 N–H and O–H groups in total. The number of aryl methyl sites for hydroxylation is 2. The van der Waals surface area contributed by atoms with E-state index in [2.05, 4.69) is 25.1 Å². The highest BCUT2D eigenvalue weighted by molar-refractivity contribution is 7.98. The van der Waals surface area contributed by atoms with E-state index < -0.39 is 0 Å². The highest BCUT2D eigenvalue weighted by atomic mass is 32.2. The van der Waals surface area contributed by atoms with Crippen LogP contribution in [0.5, 0.6) is 0 Å². The zero-order valence-corrected chi connectivity index (χ0v) is 14.0. The van der Waals surface area contributed by atoms with Crippen LogP contribution in [0.1, 0.15) is 51.0 Å². The van der Waals surface area contributed by atoms with Crippen LogP contribution < -0.4 is 0 Å². The largest absolute Gasteiger partial charge is 0.288 e. The molecular weight excluding hydrogens is 296 g/mol. The normalized spacial score (nSPS) is 14.0. The zero-order valence-electron chi connectivity index (χ0n) is 12.4. The Morgan fingerprint density at radius 3 is 2.76 bits per heavy atom. The lowest BCUT2D eigenvalue weighted by Crippen LogP contribution is -1.99. The quantitative estimate of drug-likeness (QED) is 0.713. The van der Waals surface area contributed by atoms with Gasteiger partial charge in [-0.2, -0.15) is 11.8 Å². The number of unbranched alkanes of at least 4 members (excludes halogenated alkanes) is 1. The van der Waals surface area contributed by atoms with Crippen LogP contribution in [0.25, 0.3) is 0 Å². The van der Waals surface area contributed by atoms with Crippen LogP contribution in [-0.4, -0.2) is 11.5 Å². The molecule has 110 valence electrons. The number of benzene rings is 1. The molecule has 0 bridgehead atoms. The Kier molecular flexibility index (Phi) is 4.81. The van der Waals surface area contributed by atoms with Gasteiger partial charge in [-0.15, -0.1) is 11.3 Å². The standard InChI is InChI=1S/C18H20OS2/c1-2-3-4-13-5-7-14(8-6-13)18(19)17-11-15-12-20-10-9-16(15)21-17/h5-8,11H,2-4,9-10,12H2,1H3. The summed E-state index contributed by atoms with van der Waals surface area (Å²) in [7, 11) is 0. The van der Waals surface area contributed by atoms with Crippen molar-refractivity contribution in [3.63, 3.8) is 0 Å². The van der Waals surface area contributed by atoms with E-state index >= 15 is 0 Å². The van der Waals surface area contributed by atoms with E-state index in [-0.39, 0.29) is 5.78 Å². The van der Waals surface area contributed by atoms with Crippen molar-refractivity contribution in [2.75, 3.05) is 5.75 Å². The molecule has 0 atom stereocenters. The van der Waals surface area contributed by atoms with Gasteiger partial charge in [0.05, 0.1) is 4.88 Å². The third-order valence-corrected chi connectivity index (χ3v) is 6.13. The van der Waals surface area contributed by atoms with Gasteiger partial charge in [0.2, 0.25) is 5.78 Å². The predicted molar refractivity (Wildman–Crippen MR) is 92.7 cm³/mol. The first kappa shape index (κ1) is 14.9. The van der Waals surface area contributed by atoms with Gasteiger partial charge in [-0.1, -0.05) is 37.6 Å². The maximum absolute atomic E-state index is 12.6. The summed E-state index contributed by atoms with van der Waals surface area (Å²) in [6.07, 6.45) is 4.64. The van der Waals surface area contributed by atoms with Crippen LogP contribution in [0.15, 0.2) is 30.3 Å². The van der Waals surface area contributed by atoms with Gasteiger partial charge in [-0.25, -0.2) is 0 Å². The first-order chi connectivity index (χ1) is 10.3. The fourth-order valence-corrected chi connectivity index (χ4v) is 4.94. The van der Waals surface area contributed by atoms with Crippen LogP contribution in [0, 0.1) is 0 Å². The molecule has 1 nitrogen and oxygen atoms in total. The monoisotopic (exact) mass is 316 g/mol. The molecular formula is C18H20OS2. The van der Waals surface area contributed by atoms with Crippen LogP contribution in [-0.2, 0) is 18.6 Å². The maximum Gasteiger partial charge on any atom is 0.202 e. The number of ketones is 1. The molecule has 1 aliphatic rings. The van der Waals surface area contributed by atoms with Crippen molar-refractivity contribution in [3.05, 3.63) is 56.8 Å². The molecule has 0 fully saturated rings. The van der Waals surface area contributed by atoms with Gasteiger partial charge < -0.3 is 0 Å². The minimum Gasteiger partial charge on any atom is -0.288 e. The lowest BCUT2D eigenvalue weighted by molar-refractivity contribution is 0.104. The highest BCUT2D eigenvalue weighted by Gasteiger charge is 2.18. The second-order valence-corrected chi connectivity index (χ2v) is 7.73. The van der Waals surface area contributed by atoms with Gasteiger partial charge in [0.1, 0.15) is 0 Å². The Balaban J connectivity index is 1.76. The Hall–Kier alpha value is -1.06. The van der Waals surface area contributed by atoms with Crippen molar-refractivity contribution in [1.29, 1.82) is 0 Å². The van der Waals surface area contributed by atoms with Gasteiger partial charge in [0, 0.05) is 16.2 Å². The zero-order chi connectivity index (χ0) is 14.7. The van der Waals surface area contributed by atoms with Crippen LogP contribution in [0.3, 0.4) is 0 Å². The molecule has 0 saturated heterocycles. The smallest absolute Gasteiger partial charge is 0.202 e. The average molecular weight is 316 g/mol. The summed E-state index contributed by atoms with van der Waals surface area (Å²) < 4.78 is 0. The maximum atomic E-state index is 12.6. The van der Waals surface area contributed by atoms with Crippen LogP contribution in [0.2, 0.25) is 0 Å². The van der Waals surface area contributed by atoms with E-state index in [1.54, 1.807) is 11.3 Å². The van der Waals surface area contributed by atoms with Gasteiger partial charge in [0.15, 0.2) is 0 Å². The number of rotatable bonds is 5. The minimum absolute atomic E-state index is 0.182. The Morgan fingerprint density at radius 2 is 2.05 bits per heavy atom. The third-order valence-electron chi connectivity index (χ3n) is 3.89. The van der Waals surface area contributed by atoms with Crippen molar-refractivity contribution < 1.29 is 4.79 Å². The molecule has 0 aliphatic carbocycles. The Bertz CT molecular complexity index is 602. The average Bonchev–Trinajstić information content (AvgIpc) is 2.96. The fraction of sp³-hybridized carbons (Fsp3) is 0.389.